The number of hydrogen-bond acceptors (Lipinski definition) is 2. The van der Waals surface area contributed by atoms with Crippen LogP contribution in [0.15, 0.2) is 60.7 Å². The maximum Gasteiger partial charge on any atom is 0.119 e. The summed E-state index contributed by atoms with van der Waals surface area (Å²) in [5, 5.41) is 3.26. The SMILES string of the molecule is CCCOC(CCNC)(c1ccccc1)c1ccccc1. The highest BCUT2D eigenvalue weighted by molar-refractivity contribution is 5.36. The highest BCUT2D eigenvalue weighted by Crippen LogP contribution is 2.36. The quantitative estimate of drug-likeness (QED) is 0.791. The Balaban J connectivity index is 2.48. The van der Waals surface area contributed by atoms with Crippen molar-refractivity contribution < 1.29 is 4.74 Å². The van der Waals surface area contributed by atoms with Crippen LogP contribution in [0.4, 0.5) is 0 Å². The van der Waals surface area contributed by atoms with E-state index in [2.05, 4.69) is 72.9 Å². The Hall–Kier alpha value is -1.64. The van der Waals surface area contributed by atoms with Gasteiger partial charge < -0.3 is 10.1 Å². The third kappa shape index (κ3) is 3.72. The van der Waals surface area contributed by atoms with Crippen molar-refractivity contribution >= 4 is 0 Å². The second-order valence-corrected chi connectivity index (χ2v) is 5.26. The molecule has 0 bridgehead atoms. The van der Waals surface area contributed by atoms with Crippen molar-refractivity contribution in [1.29, 1.82) is 0 Å². The van der Waals surface area contributed by atoms with Crippen LogP contribution in [0, 0.1) is 0 Å². The number of ether oxygens (including phenoxy) is 1. The van der Waals surface area contributed by atoms with Crippen LogP contribution in [0.3, 0.4) is 0 Å². The highest BCUT2D eigenvalue weighted by atomic mass is 16.5. The molecule has 2 rings (SSSR count). The van der Waals surface area contributed by atoms with Gasteiger partial charge in [-0.2, -0.15) is 0 Å². The van der Waals surface area contributed by atoms with Crippen molar-refractivity contribution in [3.05, 3.63) is 71.8 Å². The summed E-state index contributed by atoms with van der Waals surface area (Å²) in [6, 6.07) is 21.1. The van der Waals surface area contributed by atoms with Crippen molar-refractivity contribution in [3.63, 3.8) is 0 Å². The Kier molecular flexibility index (Phi) is 5.97. The summed E-state index contributed by atoms with van der Waals surface area (Å²) < 4.78 is 6.41. The van der Waals surface area contributed by atoms with Gasteiger partial charge in [0.25, 0.3) is 0 Å². The molecule has 0 radical (unpaired) electrons. The Bertz CT molecular complexity index is 460. The molecule has 0 aliphatic rings. The fourth-order valence-electron chi connectivity index (χ4n) is 2.69. The van der Waals surface area contributed by atoms with Crippen LogP contribution >= 0.6 is 0 Å². The molecular weight excluding hydrogens is 258 g/mol. The van der Waals surface area contributed by atoms with E-state index in [0.29, 0.717) is 0 Å². The van der Waals surface area contributed by atoms with Gasteiger partial charge in [0.1, 0.15) is 5.60 Å². The van der Waals surface area contributed by atoms with E-state index in [4.69, 9.17) is 4.74 Å². The smallest absolute Gasteiger partial charge is 0.119 e. The zero-order valence-electron chi connectivity index (χ0n) is 13.0. The van der Waals surface area contributed by atoms with E-state index >= 15 is 0 Å². The Morgan fingerprint density at radius 1 is 0.905 bits per heavy atom. The maximum atomic E-state index is 6.41. The van der Waals surface area contributed by atoms with Gasteiger partial charge in [0.15, 0.2) is 0 Å². The maximum absolute atomic E-state index is 6.41. The minimum absolute atomic E-state index is 0.373. The number of nitrogens with one attached hydrogen (secondary N) is 1. The highest BCUT2D eigenvalue weighted by Gasteiger charge is 2.34. The van der Waals surface area contributed by atoms with Crippen molar-refractivity contribution in [1.82, 2.24) is 5.32 Å². The molecule has 2 heteroatoms. The first-order valence-electron chi connectivity index (χ1n) is 7.73. The van der Waals surface area contributed by atoms with Crippen molar-refractivity contribution in [3.8, 4) is 0 Å². The molecular formula is C19H25NO. The number of rotatable bonds is 8. The lowest BCUT2D eigenvalue weighted by Crippen LogP contribution is -2.35. The molecule has 0 aromatic heterocycles. The molecule has 2 aromatic carbocycles. The fourth-order valence-corrected chi connectivity index (χ4v) is 2.69. The molecule has 0 saturated heterocycles. The van der Waals surface area contributed by atoms with E-state index in [1.165, 1.54) is 11.1 Å². The topological polar surface area (TPSA) is 21.3 Å². The largest absolute Gasteiger partial charge is 0.366 e. The van der Waals surface area contributed by atoms with Gasteiger partial charge in [-0.1, -0.05) is 67.6 Å². The molecule has 0 amide bonds. The summed E-state index contributed by atoms with van der Waals surface area (Å²) in [5.41, 5.74) is 2.07. The molecule has 2 aromatic rings. The first-order valence-corrected chi connectivity index (χ1v) is 7.73. The molecule has 21 heavy (non-hydrogen) atoms. The third-order valence-corrected chi connectivity index (χ3v) is 3.76. The molecule has 0 saturated carbocycles. The predicted octanol–water partition coefficient (Wildman–Crippen LogP) is 3.97. The molecule has 112 valence electrons. The van der Waals surface area contributed by atoms with Crippen LogP contribution < -0.4 is 5.32 Å². The van der Waals surface area contributed by atoms with E-state index in [1.807, 2.05) is 7.05 Å². The summed E-state index contributed by atoms with van der Waals surface area (Å²) in [4.78, 5) is 0. The fraction of sp³-hybridized carbons (Fsp3) is 0.368. The average Bonchev–Trinajstić information content (AvgIpc) is 2.57. The molecule has 0 spiro atoms. The third-order valence-electron chi connectivity index (χ3n) is 3.76. The summed E-state index contributed by atoms with van der Waals surface area (Å²) in [6.07, 6.45) is 1.93. The predicted molar refractivity (Wildman–Crippen MR) is 88.5 cm³/mol. The lowest BCUT2D eigenvalue weighted by molar-refractivity contribution is -0.0239. The van der Waals surface area contributed by atoms with Crippen LogP contribution in [0.25, 0.3) is 0 Å². The normalized spacial score (nSPS) is 11.5. The Morgan fingerprint density at radius 2 is 1.43 bits per heavy atom. The molecule has 1 N–H and O–H groups in total. The zero-order chi connectivity index (χ0) is 15.0. The number of hydrogen-bond donors (Lipinski definition) is 1. The monoisotopic (exact) mass is 283 g/mol. The Morgan fingerprint density at radius 3 is 1.86 bits per heavy atom. The van der Waals surface area contributed by atoms with Crippen LogP contribution in [0.5, 0.6) is 0 Å². The van der Waals surface area contributed by atoms with Gasteiger partial charge >= 0.3 is 0 Å². The molecule has 0 heterocycles. The van der Waals surface area contributed by atoms with Crippen molar-refractivity contribution in [2.45, 2.75) is 25.4 Å². The van der Waals surface area contributed by atoms with Gasteiger partial charge in [-0.05, 0) is 37.6 Å². The summed E-state index contributed by atoms with van der Waals surface area (Å²) >= 11 is 0. The van der Waals surface area contributed by atoms with Crippen LogP contribution in [-0.4, -0.2) is 20.2 Å². The zero-order valence-corrected chi connectivity index (χ0v) is 13.0. The van der Waals surface area contributed by atoms with Crippen LogP contribution in [0.1, 0.15) is 30.9 Å². The summed E-state index contributed by atoms with van der Waals surface area (Å²) in [6.45, 7) is 3.82. The van der Waals surface area contributed by atoms with E-state index in [1.54, 1.807) is 0 Å². The molecule has 2 nitrogen and oxygen atoms in total. The lowest BCUT2D eigenvalue weighted by atomic mass is 9.83. The van der Waals surface area contributed by atoms with Gasteiger partial charge in [0, 0.05) is 6.61 Å². The van der Waals surface area contributed by atoms with Gasteiger partial charge in [-0.15, -0.1) is 0 Å². The summed E-state index contributed by atoms with van der Waals surface area (Å²) in [5.74, 6) is 0. The van der Waals surface area contributed by atoms with E-state index in [9.17, 15) is 0 Å². The second-order valence-electron chi connectivity index (χ2n) is 5.26. The van der Waals surface area contributed by atoms with Gasteiger partial charge in [-0.25, -0.2) is 0 Å². The minimum atomic E-state index is -0.373. The molecule has 0 aliphatic heterocycles. The molecule has 0 fully saturated rings. The first-order chi connectivity index (χ1) is 10.3. The molecule has 0 aliphatic carbocycles. The summed E-state index contributed by atoms with van der Waals surface area (Å²) in [7, 11) is 1.99. The van der Waals surface area contributed by atoms with E-state index < -0.39 is 0 Å². The standard InChI is InChI=1S/C19H25NO/c1-3-16-21-19(14-15-20-2,17-10-6-4-7-11-17)18-12-8-5-9-13-18/h4-13,20H,3,14-16H2,1-2H3. The van der Waals surface area contributed by atoms with Crippen molar-refractivity contribution in [2.24, 2.45) is 0 Å². The number of benzene rings is 2. The van der Waals surface area contributed by atoms with Crippen LogP contribution in [-0.2, 0) is 10.3 Å². The minimum Gasteiger partial charge on any atom is -0.366 e. The first kappa shape index (κ1) is 15.7. The van der Waals surface area contributed by atoms with Crippen LogP contribution in [0.2, 0.25) is 0 Å². The van der Waals surface area contributed by atoms with Gasteiger partial charge in [0.05, 0.1) is 0 Å². The molecule has 0 atom stereocenters. The van der Waals surface area contributed by atoms with Gasteiger partial charge in [0.2, 0.25) is 0 Å². The van der Waals surface area contributed by atoms with Gasteiger partial charge in [-0.3, -0.25) is 0 Å². The van der Waals surface area contributed by atoms with E-state index in [-0.39, 0.29) is 5.60 Å². The molecule has 0 unspecified atom stereocenters. The second kappa shape index (κ2) is 7.96. The lowest BCUT2D eigenvalue weighted by Gasteiger charge is -2.35. The Labute approximate surface area is 128 Å². The van der Waals surface area contributed by atoms with Crippen molar-refractivity contribution in [2.75, 3.05) is 20.2 Å². The average molecular weight is 283 g/mol. The van der Waals surface area contributed by atoms with E-state index in [0.717, 1.165) is 26.0 Å².